The molecule has 4 aromatic rings. The zero-order chi connectivity index (χ0) is 36.6. The van der Waals surface area contributed by atoms with Crippen LogP contribution in [0.15, 0.2) is 103 Å². The van der Waals surface area contributed by atoms with Gasteiger partial charge in [0, 0.05) is 17.5 Å². The number of hydrazine groups is 1. The molecule has 8 rings (SSSR count). The molecule has 11 nitrogen and oxygen atoms in total. The van der Waals surface area contributed by atoms with Crippen molar-refractivity contribution in [2.75, 3.05) is 10.3 Å². The van der Waals surface area contributed by atoms with Crippen molar-refractivity contribution < 1.29 is 43.7 Å². The smallest absolute Gasteiger partial charge is 0.339 e. The summed E-state index contributed by atoms with van der Waals surface area (Å²) in [5, 5.41) is 32.1. The second kappa shape index (κ2) is 11.9. The van der Waals surface area contributed by atoms with Gasteiger partial charge in [0.1, 0.15) is 11.3 Å². The molecule has 0 spiro atoms. The van der Waals surface area contributed by atoms with Gasteiger partial charge in [0.25, 0.3) is 11.8 Å². The van der Waals surface area contributed by atoms with Crippen LogP contribution in [0.3, 0.4) is 0 Å². The number of carboxylic acids is 1. The lowest BCUT2D eigenvalue weighted by molar-refractivity contribution is -0.138. The van der Waals surface area contributed by atoms with Crippen LogP contribution in [0.25, 0.3) is 0 Å². The molecule has 4 aliphatic rings. The highest BCUT2D eigenvalue weighted by atomic mass is 19.1. The normalized spacial score (nSPS) is 26.5. The van der Waals surface area contributed by atoms with Crippen LogP contribution in [0, 0.1) is 36.4 Å². The van der Waals surface area contributed by atoms with Gasteiger partial charge in [-0.3, -0.25) is 24.6 Å². The fraction of sp³-hybridized carbons (Fsp3) is 0.225. The van der Waals surface area contributed by atoms with Crippen LogP contribution in [-0.4, -0.2) is 49.9 Å². The van der Waals surface area contributed by atoms with E-state index in [-0.39, 0.29) is 24.1 Å². The third kappa shape index (κ3) is 4.59. The lowest BCUT2D eigenvalue weighted by Crippen LogP contribution is -2.53. The Bertz CT molecular complexity index is 2240. The number of carboxylic acid groups (broad SMARTS) is 1. The molecule has 4 amide bonds. The molecule has 0 bridgehead atoms. The minimum absolute atomic E-state index is 0.0113. The molecule has 3 fully saturated rings. The molecule has 2 aliphatic heterocycles. The summed E-state index contributed by atoms with van der Waals surface area (Å²) in [4.78, 5) is 70.7. The number of amides is 4. The first-order chi connectivity index (χ1) is 24.9. The van der Waals surface area contributed by atoms with Gasteiger partial charge in [0.2, 0.25) is 11.8 Å². The molecule has 0 aromatic heterocycles. The average Bonchev–Trinajstić information content (AvgIpc) is 3.51. The SMILES string of the molecule is Cc1ccc(NN2C(=O)[C@@H]3C[C@@H]4C(=CC[C@@H]5C(=O)N(c6ccc(C(=O)O)c(O)c6)C(=O)[C@@H]54)[C@H](c4cccc(F)c4O)[C@]3(c3ccccc3)C2=O)cc1. The fourth-order valence-corrected chi connectivity index (χ4v) is 8.95. The molecule has 2 aliphatic carbocycles. The number of halogens is 1. The summed E-state index contributed by atoms with van der Waals surface area (Å²) >= 11 is 0. The fourth-order valence-electron chi connectivity index (χ4n) is 8.95. The lowest BCUT2D eigenvalue weighted by atomic mass is 9.49. The Morgan fingerprint density at radius 3 is 2.29 bits per heavy atom. The monoisotopic (exact) mass is 701 g/mol. The number of fused-ring (bicyclic) bond motifs is 4. The van der Waals surface area contributed by atoms with E-state index >= 15 is 9.18 Å². The number of hydrogen-bond donors (Lipinski definition) is 4. The maximum absolute atomic E-state index is 15.3. The summed E-state index contributed by atoms with van der Waals surface area (Å²) in [5.74, 6) is -10.9. The van der Waals surface area contributed by atoms with E-state index in [9.17, 15) is 34.5 Å². The van der Waals surface area contributed by atoms with E-state index in [1.807, 2.05) is 19.1 Å². The molecule has 262 valence electrons. The van der Waals surface area contributed by atoms with E-state index in [2.05, 4.69) is 5.43 Å². The Labute approximate surface area is 296 Å². The van der Waals surface area contributed by atoms with Crippen LogP contribution in [0.5, 0.6) is 11.5 Å². The van der Waals surface area contributed by atoms with Gasteiger partial charge >= 0.3 is 5.97 Å². The van der Waals surface area contributed by atoms with Crippen LogP contribution in [0.4, 0.5) is 15.8 Å². The first-order valence-corrected chi connectivity index (χ1v) is 16.8. The maximum Gasteiger partial charge on any atom is 0.339 e. The number of carbonyl (C=O) groups is 5. The van der Waals surface area contributed by atoms with E-state index in [1.165, 1.54) is 18.2 Å². The Hall–Kier alpha value is -6.30. The van der Waals surface area contributed by atoms with Gasteiger partial charge in [-0.1, -0.05) is 71.8 Å². The maximum atomic E-state index is 15.3. The first kappa shape index (κ1) is 32.9. The van der Waals surface area contributed by atoms with Gasteiger partial charge < -0.3 is 15.3 Å². The number of phenols is 2. The van der Waals surface area contributed by atoms with E-state index in [1.54, 1.807) is 48.5 Å². The summed E-state index contributed by atoms with van der Waals surface area (Å²) in [5.41, 5.74) is 3.36. The van der Waals surface area contributed by atoms with Crippen LogP contribution in [-0.2, 0) is 24.6 Å². The van der Waals surface area contributed by atoms with Crippen molar-refractivity contribution in [2.24, 2.45) is 23.7 Å². The number of carbonyl (C=O) groups excluding carboxylic acids is 4. The van der Waals surface area contributed by atoms with Crippen LogP contribution in [0.1, 0.15) is 45.8 Å². The Morgan fingerprint density at radius 1 is 0.865 bits per heavy atom. The molecular weight excluding hydrogens is 669 g/mol. The minimum Gasteiger partial charge on any atom is -0.507 e. The summed E-state index contributed by atoms with van der Waals surface area (Å²) < 4.78 is 15.3. The zero-order valence-electron chi connectivity index (χ0n) is 27.7. The van der Waals surface area contributed by atoms with Gasteiger partial charge in [0.05, 0.1) is 34.5 Å². The first-order valence-electron chi connectivity index (χ1n) is 16.8. The van der Waals surface area contributed by atoms with E-state index < -0.39 is 87.5 Å². The number of para-hydroxylation sites is 1. The average molecular weight is 702 g/mol. The molecule has 6 atom stereocenters. The van der Waals surface area contributed by atoms with Crippen molar-refractivity contribution in [2.45, 2.75) is 31.1 Å². The largest absolute Gasteiger partial charge is 0.507 e. The van der Waals surface area contributed by atoms with Gasteiger partial charge in [-0.05, 0) is 61.6 Å². The molecule has 2 heterocycles. The molecule has 4 aromatic carbocycles. The summed E-state index contributed by atoms with van der Waals surface area (Å²) in [6.45, 7) is 1.90. The minimum atomic E-state index is -1.69. The number of imide groups is 2. The number of nitrogens with one attached hydrogen (secondary N) is 1. The number of nitrogens with zero attached hydrogens (tertiary/aromatic N) is 2. The third-order valence-electron chi connectivity index (χ3n) is 11.2. The van der Waals surface area contributed by atoms with Crippen molar-refractivity contribution in [1.29, 1.82) is 0 Å². The topological polar surface area (TPSA) is 165 Å². The standard InChI is InChI=1S/C40H32FN3O8/c1-20-10-12-22(13-11-20)42-44-36(48)29-19-28-24(16-17-26-32(28)37(49)43(35(26)47)23-14-15-25(38(50)51)31(45)18-23)33(27-8-5-9-30(41)34(27)46)40(29,39(44)52)21-6-3-2-4-7-21/h2-16,18,26,28-29,32-33,42,45-46H,17,19H2,1H3,(H,50,51)/t26-,28+,29-,32-,33+,40+/m0/s1. The summed E-state index contributed by atoms with van der Waals surface area (Å²) in [6, 6.07) is 23.2. The Balaban J connectivity index is 1.30. The van der Waals surface area contributed by atoms with Gasteiger partial charge in [-0.15, -0.1) is 0 Å². The van der Waals surface area contributed by atoms with E-state index in [4.69, 9.17) is 0 Å². The van der Waals surface area contributed by atoms with Crippen LogP contribution in [0.2, 0.25) is 0 Å². The highest BCUT2D eigenvalue weighted by molar-refractivity contribution is 6.23. The number of rotatable bonds is 6. The molecular formula is C40H32FN3O8. The van der Waals surface area contributed by atoms with Gasteiger partial charge in [-0.25, -0.2) is 14.1 Å². The second-order valence-electron chi connectivity index (χ2n) is 13.8. The molecule has 2 saturated heterocycles. The second-order valence-corrected chi connectivity index (χ2v) is 13.8. The van der Waals surface area contributed by atoms with Crippen LogP contribution >= 0.6 is 0 Å². The Kier molecular flexibility index (Phi) is 7.52. The van der Waals surface area contributed by atoms with Crippen molar-refractivity contribution >= 4 is 41.0 Å². The predicted molar refractivity (Wildman–Crippen MR) is 184 cm³/mol. The number of benzene rings is 4. The van der Waals surface area contributed by atoms with Crippen molar-refractivity contribution in [1.82, 2.24) is 5.01 Å². The quantitative estimate of drug-likeness (QED) is 0.152. The lowest BCUT2D eigenvalue weighted by Gasteiger charge is -2.50. The summed E-state index contributed by atoms with van der Waals surface area (Å²) in [6.07, 6.45) is 1.81. The Morgan fingerprint density at radius 2 is 1.60 bits per heavy atom. The third-order valence-corrected chi connectivity index (χ3v) is 11.2. The number of anilines is 2. The number of aromatic hydroxyl groups is 2. The molecule has 12 heteroatoms. The van der Waals surface area contributed by atoms with E-state index in [0.717, 1.165) is 33.7 Å². The van der Waals surface area contributed by atoms with Crippen LogP contribution < -0.4 is 10.3 Å². The summed E-state index contributed by atoms with van der Waals surface area (Å²) in [7, 11) is 0. The van der Waals surface area contributed by atoms with E-state index in [0.29, 0.717) is 16.8 Å². The number of aryl methyl sites for hydroxylation is 1. The number of hydrogen-bond acceptors (Lipinski definition) is 8. The molecule has 0 radical (unpaired) electrons. The molecule has 52 heavy (non-hydrogen) atoms. The van der Waals surface area contributed by atoms with Crippen molar-refractivity contribution in [3.63, 3.8) is 0 Å². The highest BCUT2D eigenvalue weighted by Crippen LogP contribution is 2.65. The number of allylic oxidation sites excluding steroid dienone is 2. The zero-order valence-corrected chi connectivity index (χ0v) is 27.7. The molecule has 4 N–H and O–H groups in total. The van der Waals surface area contributed by atoms with Gasteiger partial charge in [0.15, 0.2) is 11.6 Å². The highest BCUT2D eigenvalue weighted by Gasteiger charge is 2.70. The number of phenolic OH excluding ortho intramolecular Hbond substituents is 1. The molecule has 0 unspecified atom stereocenters. The molecule has 1 saturated carbocycles. The predicted octanol–water partition coefficient (Wildman–Crippen LogP) is 5.43. The van der Waals surface area contributed by atoms with Crippen molar-refractivity contribution in [3.8, 4) is 11.5 Å². The number of aromatic carboxylic acids is 1. The van der Waals surface area contributed by atoms with Crippen molar-refractivity contribution in [3.05, 3.63) is 131 Å². The van der Waals surface area contributed by atoms with Gasteiger partial charge in [-0.2, -0.15) is 5.01 Å².